The number of halogens is 2. The zero-order chi connectivity index (χ0) is 13.9. The van der Waals surface area contributed by atoms with Crippen molar-refractivity contribution in [2.75, 3.05) is 0 Å². The highest BCUT2D eigenvalue weighted by Gasteiger charge is 2.23. The summed E-state index contributed by atoms with van der Waals surface area (Å²) in [6.45, 7) is 6.94. The molecular formula is C13H16BrFO3. The van der Waals surface area contributed by atoms with E-state index in [1.54, 1.807) is 27.7 Å². The second-order valence-electron chi connectivity index (χ2n) is 4.87. The molecule has 0 N–H and O–H groups in total. The third-order valence-electron chi connectivity index (χ3n) is 1.94. The van der Waals surface area contributed by atoms with Gasteiger partial charge in [0, 0.05) is 0 Å². The number of carbonyl (C=O) groups is 1. The fourth-order valence-electron chi connectivity index (χ4n) is 1.19. The van der Waals surface area contributed by atoms with Crippen LogP contribution >= 0.6 is 15.9 Å². The molecule has 5 heteroatoms. The zero-order valence-corrected chi connectivity index (χ0v) is 12.4. The van der Waals surface area contributed by atoms with Crippen molar-refractivity contribution in [1.82, 2.24) is 0 Å². The van der Waals surface area contributed by atoms with Crippen molar-refractivity contribution in [3.63, 3.8) is 0 Å². The van der Waals surface area contributed by atoms with Crippen LogP contribution in [0.2, 0.25) is 0 Å². The maximum Gasteiger partial charge on any atom is 0.347 e. The van der Waals surface area contributed by atoms with E-state index >= 15 is 0 Å². The Morgan fingerprint density at radius 1 is 1.39 bits per heavy atom. The average Bonchev–Trinajstić information content (AvgIpc) is 2.21. The minimum atomic E-state index is -0.749. The molecule has 1 aromatic rings. The predicted molar refractivity (Wildman–Crippen MR) is 70.0 cm³/mol. The molecule has 0 fully saturated rings. The molecular weight excluding hydrogens is 303 g/mol. The van der Waals surface area contributed by atoms with E-state index in [-0.39, 0.29) is 10.3 Å². The second-order valence-corrected chi connectivity index (χ2v) is 5.72. The summed E-state index contributed by atoms with van der Waals surface area (Å²) in [5.41, 5.74) is -0.557. The SMILES string of the molecule is CC(Oc1ccc(F)c(Br)c1)C(=O)OC(C)(C)C. The number of hydrogen-bond donors (Lipinski definition) is 0. The Morgan fingerprint density at radius 3 is 2.50 bits per heavy atom. The first-order valence-corrected chi connectivity index (χ1v) is 6.33. The molecule has 100 valence electrons. The van der Waals surface area contributed by atoms with Crippen molar-refractivity contribution in [2.24, 2.45) is 0 Å². The fourth-order valence-corrected chi connectivity index (χ4v) is 1.54. The third-order valence-corrected chi connectivity index (χ3v) is 2.55. The Labute approximate surface area is 114 Å². The van der Waals surface area contributed by atoms with Gasteiger partial charge < -0.3 is 9.47 Å². The van der Waals surface area contributed by atoms with Gasteiger partial charge in [0.25, 0.3) is 0 Å². The molecule has 0 aliphatic heterocycles. The molecule has 0 aliphatic rings. The summed E-state index contributed by atoms with van der Waals surface area (Å²) in [5, 5.41) is 0. The van der Waals surface area contributed by atoms with E-state index in [0.29, 0.717) is 5.75 Å². The Hall–Kier alpha value is -1.10. The molecule has 0 aliphatic carbocycles. The van der Waals surface area contributed by atoms with Crippen LogP contribution in [0.1, 0.15) is 27.7 Å². The van der Waals surface area contributed by atoms with E-state index in [2.05, 4.69) is 15.9 Å². The normalized spacial score (nSPS) is 13.0. The van der Waals surface area contributed by atoms with Crippen LogP contribution in [-0.4, -0.2) is 17.7 Å². The summed E-state index contributed by atoms with van der Waals surface area (Å²) >= 11 is 3.05. The third kappa shape index (κ3) is 4.64. The Morgan fingerprint density at radius 2 is 2.00 bits per heavy atom. The number of ether oxygens (including phenoxy) is 2. The molecule has 0 saturated carbocycles. The first kappa shape index (κ1) is 15.0. The van der Waals surface area contributed by atoms with Crippen LogP contribution in [0.25, 0.3) is 0 Å². The quantitative estimate of drug-likeness (QED) is 0.797. The highest BCUT2D eigenvalue weighted by molar-refractivity contribution is 9.10. The van der Waals surface area contributed by atoms with Gasteiger partial charge in [-0.3, -0.25) is 0 Å². The molecule has 3 nitrogen and oxygen atoms in total. The smallest absolute Gasteiger partial charge is 0.347 e. The van der Waals surface area contributed by atoms with E-state index in [4.69, 9.17) is 9.47 Å². The standard InChI is InChI=1S/C13H16BrFO3/c1-8(12(16)18-13(2,3)4)17-9-5-6-11(15)10(14)7-9/h5-8H,1-4H3. The van der Waals surface area contributed by atoms with Crippen molar-refractivity contribution in [1.29, 1.82) is 0 Å². The van der Waals surface area contributed by atoms with Crippen LogP contribution in [0.3, 0.4) is 0 Å². The highest BCUT2D eigenvalue weighted by Crippen LogP contribution is 2.23. The van der Waals surface area contributed by atoms with Crippen molar-refractivity contribution in [3.05, 3.63) is 28.5 Å². The van der Waals surface area contributed by atoms with Crippen LogP contribution in [0.5, 0.6) is 5.75 Å². The van der Waals surface area contributed by atoms with Gasteiger partial charge in [0.15, 0.2) is 6.10 Å². The highest BCUT2D eigenvalue weighted by atomic mass is 79.9. The summed E-state index contributed by atoms with van der Waals surface area (Å²) in [4.78, 5) is 11.7. The van der Waals surface area contributed by atoms with Gasteiger partial charge in [0.1, 0.15) is 17.2 Å². The molecule has 0 amide bonds. The molecule has 1 aromatic carbocycles. The molecule has 0 heterocycles. The number of benzene rings is 1. The number of hydrogen-bond acceptors (Lipinski definition) is 3. The Kier molecular flexibility index (Phi) is 4.73. The van der Waals surface area contributed by atoms with E-state index in [1.165, 1.54) is 18.2 Å². The molecule has 0 aromatic heterocycles. The van der Waals surface area contributed by atoms with E-state index in [1.807, 2.05) is 0 Å². The molecule has 0 bridgehead atoms. The second kappa shape index (κ2) is 5.69. The minimum Gasteiger partial charge on any atom is -0.479 e. The molecule has 0 radical (unpaired) electrons. The Bertz CT molecular complexity index is 440. The predicted octanol–water partition coefficient (Wildman–Crippen LogP) is 3.70. The topological polar surface area (TPSA) is 35.5 Å². The lowest BCUT2D eigenvalue weighted by Crippen LogP contribution is -2.33. The number of rotatable bonds is 3. The van der Waals surface area contributed by atoms with Gasteiger partial charge in [0.2, 0.25) is 0 Å². The lowest BCUT2D eigenvalue weighted by Gasteiger charge is -2.22. The fraction of sp³-hybridized carbons (Fsp3) is 0.462. The Balaban J connectivity index is 2.66. The van der Waals surface area contributed by atoms with Crippen molar-refractivity contribution in [2.45, 2.75) is 39.4 Å². The van der Waals surface area contributed by atoms with Gasteiger partial charge in [-0.25, -0.2) is 9.18 Å². The molecule has 1 atom stereocenters. The first-order valence-electron chi connectivity index (χ1n) is 5.53. The molecule has 18 heavy (non-hydrogen) atoms. The van der Waals surface area contributed by atoms with Crippen LogP contribution in [-0.2, 0) is 9.53 Å². The lowest BCUT2D eigenvalue weighted by molar-refractivity contribution is -0.162. The van der Waals surface area contributed by atoms with Crippen LogP contribution < -0.4 is 4.74 Å². The first-order chi connectivity index (χ1) is 8.19. The summed E-state index contributed by atoms with van der Waals surface area (Å²) in [7, 11) is 0. The number of esters is 1. The van der Waals surface area contributed by atoms with Gasteiger partial charge in [-0.2, -0.15) is 0 Å². The van der Waals surface area contributed by atoms with Crippen LogP contribution in [0.4, 0.5) is 4.39 Å². The van der Waals surface area contributed by atoms with Gasteiger partial charge in [-0.15, -0.1) is 0 Å². The summed E-state index contributed by atoms with van der Waals surface area (Å²) in [6.07, 6.45) is -0.749. The molecule has 0 spiro atoms. The van der Waals surface area contributed by atoms with E-state index in [0.717, 1.165) is 0 Å². The molecule has 1 rings (SSSR count). The van der Waals surface area contributed by atoms with E-state index in [9.17, 15) is 9.18 Å². The minimum absolute atomic E-state index is 0.288. The van der Waals surface area contributed by atoms with Crippen molar-refractivity contribution < 1.29 is 18.7 Å². The average molecular weight is 319 g/mol. The maximum atomic E-state index is 13.0. The summed E-state index contributed by atoms with van der Waals surface area (Å²) in [6, 6.07) is 4.19. The van der Waals surface area contributed by atoms with Gasteiger partial charge >= 0.3 is 5.97 Å². The van der Waals surface area contributed by atoms with Crippen LogP contribution in [0, 0.1) is 5.82 Å². The van der Waals surface area contributed by atoms with Gasteiger partial charge in [-0.1, -0.05) is 0 Å². The summed E-state index contributed by atoms with van der Waals surface area (Å²) in [5.74, 6) is -0.433. The maximum absolute atomic E-state index is 13.0. The van der Waals surface area contributed by atoms with Gasteiger partial charge in [-0.05, 0) is 61.8 Å². The van der Waals surface area contributed by atoms with Crippen molar-refractivity contribution in [3.8, 4) is 5.75 Å². The largest absolute Gasteiger partial charge is 0.479 e. The van der Waals surface area contributed by atoms with Crippen LogP contribution in [0.15, 0.2) is 22.7 Å². The van der Waals surface area contributed by atoms with E-state index < -0.39 is 17.7 Å². The summed E-state index contributed by atoms with van der Waals surface area (Å²) < 4.78 is 23.9. The molecule has 0 saturated heterocycles. The lowest BCUT2D eigenvalue weighted by atomic mass is 10.2. The molecule has 1 unspecified atom stereocenters. The monoisotopic (exact) mass is 318 g/mol. The zero-order valence-electron chi connectivity index (χ0n) is 10.8. The number of carbonyl (C=O) groups excluding carboxylic acids is 1. The van der Waals surface area contributed by atoms with Crippen molar-refractivity contribution >= 4 is 21.9 Å². The van der Waals surface area contributed by atoms with Gasteiger partial charge in [0.05, 0.1) is 4.47 Å².